The van der Waals surface area contributed by atoms with Gasteiger partial charge in [0.15, 0.2) is 0 Å². The van der Waals surface area contributed by atoms with Gasteiger partial charge in [0.1, 0.15) is 0 Å². The summed E-state index contributed by atoms with van der Waals surface area (Å²) in [6, 6.07) is 7.27. The zero-order valence-electron chi connectivity index (χ0n) is 10.6. The topological polar surface area (TPSA) is 52.3 Å². The molecule has 0 radical (unpaired) electrons. The summed E-state index contributed by atoms with van der Waals surface area (Å²) in [5.41, 5.74) is 7.05. The summed E-state index contributed by atoms with van der Waals surface area (Å²) >= 11 is 0. The molecule has 0 saturated carbocycles. The van der Waals surface area contributed by atoms with Crippen LogP contribution in [0.2, 0.25) is 0 Å². The lowest BCUT2D eigenvalue weighted by atomic mass is 10.1. The number of carbonyl (C=O) groups excluding carboxylic acids is 1. The fraction of sp³-hybridized carbons (Fsp3) is 0.500. The summed E-state index contributed by atoms with van der Waals surface area (Å²) in [6.07, 6.45) is 2.19. The van der Waals surface area contributed by atoms with Gasteiger partial charge in [0.05, 0.1) is 12.2 Å². The van der Waals surface area contributed by atoms with E-state index in [1.165, 1.54) is 0 Å². The first-order valence-electron chi connectivity index (χ1n) is 6.13. The van der Waals surface area contributed by atoms with Gasteiger partial charge in [-0.3, -0.25) is 0 Å². The van der Waals surface area contributed by atoms with Crippen LogP contribution < -0.4 is 5.73 Å². The zero-order chi connectivity index (χ0) is 12.7. The van der Waals surface area contributed by atoms with Gasteiger partial charge >= 0.3 is 5.97 Å². The molecular weight excluding hydrogens is 214 g/mol. The fourth-order valence-electron chi connectivity index (χ4n) is 1.70. The van der Waals surface area contributed by atoms with Gasteiger partial charge in [-0.25, -0.2) is 4.79 Å². The SMILES string of the molecule is CCCC(C)COC(=O)c1cccc(CN)c1. The maximum atomic E-state index is 11.8. The second-order valence-corrected chi connectivity index (χ2v) is 4.40. The van der Waals surface area contributed by atoms with Gasteiger partial charge in [-0.05, 0) is 30.0 Å². The number of hydrogen-bond acceptors (Lipinski definition) is 3. The number of nitrogens with two attached hydrogens (primary N) is 1. The Kier molecular flexibility index (Phi) is 5.70. The van der Waals surface area contributed by atoms with E-state index < -0.39 is 0 Å². The van der Waals surface area contributed by atoms with Gasteiger partial charge in [0, 0.05) is 6.54 Å². The van der Waals surface area contributed by atoms with E-state index >= 15 is 0 Å². The lowest BCUT2D eigenvalue weighted by Crippen LogP contribution is -2.12. The lowest BCUT2D eigenvalue weighted by molar-refractivity contribution is 0.0443. The molecule has 0 amide bonds. The summed E-state index contributed by atoms with van der Waals surface area (Å²) < 4.78 is 5.26. The third kappa shape index (κ3) is 4.57. The van der Waals surface area contributed by atoms with Crippen LogP contribution >= 0.6 is 0 Å². The first-order valence-corrected chi connectivity index (χ1v) is 6.13. The predicted molar refractivity (Wildman–Crippen MR) is 68.7 cm³/mol. The molecule has 0 aliphatic heterocycles. The maximum Gasteiger partial charge on any atom is 0.338 e. The molecule has 0 bridgehead atoms. The highest BCUT2D eigenvalue weighted by Gasteiger charge is 2.09. The van der Waals surface area contributed by atoms with Crippen LogP contribution in [0.15, 0.2) is 24.3 Å². The number of esters is 1. The van der Waals surface area contributed by atoms with Crippen LogP contribution in [0.5, 0.6) is 0 Å². The first-order chi connectivity index (χ1) is 8.17. The normalized spacial score (nSPS) is 12.2. The van der Waals surface area contributed by atoms with Crippen LogP contribution in [0.4, 0.5) is 0 Å². The highest BCUT2D eigenvalue weighted by atomic mass is 16.5. The van der Waals surface area contributed by atoms with Gasteiger partial charge in [0.25, 0.3) is 0 Å². The van der Waals surface area contributed by atoms with Gasteiger partial charge in [-0.2, -0.15) is 0 Å². The molecule has 0 saturated heterocycles. The molecule has 0 spiro atoms. The molecule has 1 rings (SSSR count). The highest BCUT2D eigenvalue weighted by molar-refractivity contribution is 5.89. The first kappa shape index (κ1) is 13.7. The molecular formula is C14H21NO2. The van der Waals surface area contributed by atoms with Crippen molar-refractivity contribution >= 4 is 5.97 Å². The molecule has 1 unspecified atom stereocenters. The van der Waals surface area contributed by atoms with Crippen molar-refractivity contribution in [2.24, 2.45) is 11.7 Å². The molecule has 0 fully saturated rings. The summed E-state index contributed by atoms with van der Waals surface area (Å²) in [5.74, 6) is 0.157. The fourth-order valence-corrected chi connectivity index (χ4v) is 1.70. The Balaban J connectivity index is 2.51. The van der Waals surface area contributed by atoms with Crippen molar-refractivity contribution in [3.8, 4) is 0 Å². The van der Waals surface area contributed by atoms with Crippen molar-refractivity contribution in [3.63, 3.8) is 0 Å². The maximum absolute atomic E-state index is 11.8. The van der Waals surface area contributed by atoms with Crippen molar-refractivity contribution in [3.05, 3.63) is 35.4 Å². The molecule has 17 heavy (non-hydrogen) atoms. The Morgan fingerprint density at radius 2 is 2.24 bits per heavy atom. The van der Waals surface area contributed by atoms with Crippen molar-refractivity contribution in [2.75, 3.05) is 6.61 Å². The Labute approximate surface area is 103 Å². The molecule has 3 nitrogen and oxygen atoms in total. The lowest BCUT2D eigenvalue weighted by Gasteiger charge is -2.11. The minimum absolute atomic E-state index is 0.261. The quantitative estimate of drug-likeness (QED) is 0.771. The standard InChI is InChI=1S/C14H21NO2/c1-3-5-11(2)10-17-14(16)13-7-4-6-12(8-13)9-15/h4,6-8,11H,3,5,9-10,15H2,1-2H3. The van der Waals surface area contributed by atoms with Gasteiger partial charge in [-0.1, -0.05) is 32.4 Å². The van der Waals surface area contributed by atoms with Crippen LogP contribution in [-0.4, -0.2) is 12.6 Å². The van der Waals surface area contributed by atoms with Crippen LogP contribution in [-0.2, 0) is 11.3 Å². The molecule has 2 N–H and O–H groups in total. The molecule has 1 aromatic carbocycles. The molecule has 1 aromatic rings. The van der Waals surface area contributed by atoms with Crippen LogP contribution in [0.1, 0.15) is 42.6 Å². The number of hydrogen-bond donors (Lipinski definition) is 1. The van der Waals surface area contributed by atoms with Crippen LogP contribution in [0, 0.1) is 5.92 Å². The van der Waals surface area contributed by atoms with Crippen LogP contribution in [0.3, 0.4) is 0 Å². The van der Waals surface area contributed by atoms with E-state index in [0.717, 1.165) is 18.4 Å². The van der Waals surface area contributed by atoms with E-state index in [0.29, 0.717) is 24.6 Å². The zero-order valence-corrected chi connectivity index (χ0v) is 10.6. The van der Waals surface area contributed by atoms with Gasteiger partial charge in [-0.15, -0.1) is 0 Å². The highest BCUT2D eigenvalue weighted by Crippen LogP contribution is 2.09. The predicted octanol–water partition coefficient (Wildman–Crippen LogP) is 2.74. The van der Waals surface area contributed by atoms with Crippen molar-refractivity contribution in [2.45, 2.75) is 33.2 Å². The molecule has 0 aromatic heterocycles. The van der Waals surface area contributed by atoms with E-state index in [4.69, 9.17) is 10.5 Å². The average molecular weight is 235 g/mol. The largest absolute Gasteiger partial charge is 0.462 e. The van der Waals surface area contributed by atoms with Crippen LogP contribution in [0.25, 0.3) is 0 Å². The monoisotopic (exact) mass is 235 g/mol. The second-order valence-electron chi connectivity index (χ2n) is 4.40. The van der Waals surface area contributed by atoms with Gasteiger partial charge in [0.2, 0.25) is 0 Å². The number of rotatable bonds is 6. The van der Waals surface area contributed by atoms with Crippen molar-refractivity contribution in [1.82, 2.24) is 0 Å². The number of carbonyl (C=O) groups is 1. The summed E-state index contributed by atoms with van der Waals surface area (Å²) in [4.78, 5) is 11.8. The molecule has 0 aliphatic rings. The smallest absolute Gasteiger partial charge is 0.338 e. The Morgan fingerprint density at radius 3 is 2.88 bits per heavy atom. The molecule has 0 aliphatic carbocycles. The third-order valence-electron chi connectivity index (χ3n) is 2.68. The minimum Gasteiger partial charge on any atom is -0.462 e. The van der Waals surface area contributed by atoms with Gasteiger partial charge < -0.3 is 10.5 Å². The van der Waals surface area contributed by atoms with E-state index in [-0.39, 0.29) is 5.97 Å². The summed E-state index contributed by atoms with van der Waals surface area (Å²) in [6.45, 7) is 5.14. The van der Waals surface area contributed by atoms with E-state index in [1.54, 1.807) is 12.1 Å². The summed E-state index contributed by atoms with van der Waals surface area (Å²) in [7, 11) is 0. The van der Waals surface area contributed by atoms with E-state index in [1.807, 2.05) is 12.1 Å². The van der Waals surface area contributed by atoms with Crippen molar-refractivity contribution < 1.29 is 9.53 Å². The van der Waals surface area contributed by atoms with Crippen molar-refractivity contribution in [1.29, 1.82) is 0 Å². The molecule has 0 heterocycles. The van der Waals surface area contributed by atoms with E-state index in [9.17, 15) is 4.79 Å². The Morgan fingerprint density at radius 1 is 1.47 bits per heavy atom. The third-order valence-corrected chi connectivity index (χ3v) is 2.68. The Bertz CT molecular complexity index is 363. The number of ether oxygens (including phenoxy) is 1. The second kappa shape index (κ2) is 7.07. The minimum atomic E-state index is -0.261. The van der Waals surface area contributed by atoms with E-state index in [2.05, 4.69) is 13.8 Å². The molecule has 94 valence electrons. The average Bonchev–Trinajstić information content (AvgIpc) is 2.36. The number of benzene rings is 1. The molecule has 1 atom stereocenters. The molecule has 3 heteroatoms. The summed E-state index contributed by atoms with van der Waals surface area (Å²) in [5, 5.41) is 0. The Hall–Kier alpha value is -1.35.